The van der Waals surface area contributed by atoms with Gasteiger partial charge in [0.25, 0.3) is 0 Å². The number of rotatable bonds is 5. The van der Waals surface area contributed by atoms with Crippen molar-refractivity contribution in [1.29, 1.82) is 0 Å². The lowest BCUT2D eigenvalue weighted by Crippen LogP contribution is -2.41. The van der Waals surface area contributed by atoms with Crippen LogP contribution in [0.4, 0.5) is 0 Å². The van der Waals surface area contributed by atoms with Gasteiger partial charge in [-0.2, -0.15) is 0 Å². The summed E-state index contributed by atoms with van der Waals surface area (Å²) in [5.74, 6) is 1.99. The van der Waals surface area contributed by atoms with Gasteiger partial charge < -0.3 is 9.64 Å². The number of carbonyl (C=O) groups excluding carboxylic acids is 1. The molecule has 28 heavy (non-hydrogen) atoms. The molecule has 4 rings (SSSR count). The molecule has 0 atom stereocenters. The zero-order chi connectivity index (χ0) is 19.3. The van der Waals surface area contributed by atoms with Crippen LogP contribution in [-0.4, -0.2) is 41.2 Å². The second-order valence-corrected chi connectivity index (χ2v) is 9.09. The minimum Gasteiger partial charge on any atom is -0.497 e. The number of aromatic nitrogens is 2. The minimum absolute atomic E-state index is 0.280. The number of likely N-dealkylation sites (tertiary alicyclic amines) is 1. The fourth-order valence-corrected chi connectivity index (χ4v) is 5.42. The Kier molecular flexibility index (Phi) is 6.25. The van der Waals surface area contributed by atoms with Crippen molar-refractivity contribution in [3.8, 4) is 5.75 Å². The highest BCUT2D eigenvalue weighted by molar-refractivity contribution is 7.11. The highest BCUT2D eigenvalue weighted by Crippen LogP contribution is 2.33. The summed E-state index contributed by atoms with van der Waals surface area (Å²) in [4.78, 5) is 14.8. The molecular formula is C22H29N3O2S. The van der Waals surface area contributed by atoms with Gasteiger partial charge in [-0.1, -0.05) is 31.4 Å². The number of benzene rings is 1. The SMILES string of the molecule is COc1ccc(Cc2nnc(C3CCN(C(=O)C4CCCCC4)CC3)s2)cc1. The third-order valence-electron chi connectivity index (χ3n) is 6.11. The Hall–Kier alpha value is -1.95. The highest BCUT2D eigenvalue weighted by Gasteiger charge is 2.30. The van der Waals surface area contributed by atoms with Crippen molar-refractivity contribution in [2.75, 3.05) is 20.2 Å². The van der Waals surface area contributed by atoms with Gasteiger partial charge in [-0.3, -0.25) is 4.79 Å². The molecule has 1 saturated heterocycles. The second-order valence-electron chi connectivity index (χ2n) is 7.99. The summed E-state index contributed by atoms with van der Waals surface area (Å²) in [5.41, 5.74) is 1.22. The number of methoxy groups -OCH3 is 1. The van der Waals surface area contributed by atoms with Crippen molar-refractivity contribution in [1.82, 2.24) is 15.1 Å². The Morgan fingerprint density at radius 2 is 1.79 bits per heavy atom. The number of ether oxygens (including phenoxy) is 1. The quantitative estimate of drug-likeness (QED) is 0.747. The van der Waals surface area contributed by atoms with Gasteiger partial charge in [-0.05, 0) is 43.4 Å². The molecule has 0 unspecified atom stereocenters. The molecule has 1 aromatic carbocycles. The lowest BCUT2D eigenvalue weighted by atomic mass is 9.87. The maximum absolute atomic E-state index is 12.7. The van der Waals surface area contributed by atoms with Crippen LogP contribution in [0.25, 0.3) is 0 Å². The van der Waals surface area contributed by atoms with E-state index in [4.69, 9.17) is 4.74 Å². The summed E-state index contributed by atoms with van der Waals surface area (Å²) < 4.78 is 5.21. The lowest BCUT2D eigenvalue weighted by molar-refractivity contribution is -0.137. The first-order valence-electron chi connectivity index (χ1n) is 10.5. The van der Waals surface area contributed by atoms with E-state index in [2.05, 4.69) is 27.2 Å². The summed E-state index contributed by atoms with van der Waals surface area (Å²) >= 11 is 1.72. The van der Waals surface area contributed by atoms with E-state index in [9.17, 15) is 4.79 Å². The molecule has 5 nitrogen and oxygen atoms in total. The lowest BCUT2D eigenvalue weighted by Gasteiger charge is -2.34. The molecule has 6 heteroatoms. The third-order valence-corrected chi connectivity index (χ3v) is 7.19. The fraction of sp³-hybridized carbons (Fsp3) is 0.591. The number of carbonyl (C=O) groups is 1. The molecule has 0 radical (unpaired) electrons. The molecule has 2 aliphatic rings. The van der Waals surface area contributed by atoms with Crippen molar-refractivity contribution in [3.05, 3.63) is 39.8 Å². The van der Waals surface area contributed by atoms with Crippen LogP contribution < -0.4 is 4.74 Å². The molecule has 2 heterocycles. The van der Waals surface area contributed by atoms with Crippen LogP contribution in [0.15, 0.2) is 24.3 Å². The topological polar surface area (TPSA) is 55.3 Å². The number of piperidine rings is 1. The summed E-state index contributed by atoms with van der Waals surface area (Å²) in [5, 5.41) is 11.1. The molecule has 1 aromatic heterocycles. The van der Waals surface area contributed by atoms with Gasteiger partial charge in [-0.15, -0.1) is 21.5 Å². The standard InChI is InChI=1S/C22H29N3O2S/c1-27-19-9-7-16(8-10-19)15-20-23-24-21(28-20)17-11-13-25(14-12-17)22(26)18-5-3-2-4-6-18/h7-10,17-18H,2-6,11-15H2,1H3. The maximum Gasteiger partial charge on any atom is 0.225 e. The zero-order valence-electron chi connectivity index (χ0n) is 16.6. The van der Waals surface area contributed by atoms with Crippen molar-refractivity contribution in [2.24, 2.45) is 5.92 Å². The first-order valence-corrected chi connectivity index (χ1v) is 11.3. The smallest absolute Gasteiger partial charge is 0.225 e. The monoisotopic (exact) mass is 399 g/mol. The van der Waals surface area contributed by atoms with Crippen molar-refractivity contribution >= 4 is 17.2 Å². The summed E-state index contributed by atoms with van der Waals surface area (Å²) in [6.07, 6.45) is 8.73. The first kappa shape index (κ1) is 19.4. The first-order chi connectivity index (χ1) is 13.7. The Morgan fingerprint density at radius 3 is 2.46 bits per heavy atom. The highest BCUT2D eigenvalue weighted by atomic mass is 32.1. The van der Waals surface area contributed by atoms with Crippen molar-refractivity contribution in [3.63, 3.8) is 0 Å². The van der Waals surface area contributed by atoms with Crippen LogP contribution in [-0.2, 0) is 11.2 Å². The zero-order valence-corrected chi connectivity index (χ0v) is 17.4. The Labute approximate surface area is 171 Å². The number of hydrogen-bond donors (Lipinski definition) is 0. The molecule has 0 spiro atoms. The molecule has 2 aromatic rings. The van der Waals surface area contributed by atoms with E-state index in [0.717, 1.165) is 61.0 Å². The largest absolute Gasteiger partial charge is 0.497 e. The normalized spacial score (nSPS) is 19.0. The van der Waals surface area contributed by atoms with E-state index in [1.54, 1.807) is 18.4 Å². The number of amides is 1. The predicted octanol–water partition coefficient (Wildman–Crippen LogP) is 4.42. The van der Waals surface area contributed by atoms with E-state index in [-0.39, 0.29) is 5.92 Å². The second kappa shape index (κ2) is 9.03. The van der Waals surface area contributed by atoms with Crippen LogP contribution in [0.2, 0.25) is 0 Å². The van der Waals surface area contributed by atoms with Gasteiger partial charge in [0, 0.05) is 31.3 Å². The molecule has 2 fully saturated rings. The minimum atomic E-state index is 0.280. The van der Waals surface area contributed by atoms with Gasteiger partial charge >= 0.3 is 0 Å². The Bertz CT molecular complexity index is 775. The van der Waals surface area contributed by atoms with Gasteiger partial charge in [0.15, 0.2) is 0 Å². The Balaban J connectivity index is 1.30. The predicted molar refractivity (Wildman–Crippen MR) is 111 cm³/mol. The van der Waals surface area contributed by atoms with E-state index >= 15 is 0 Å². The summed E-state index contributed by atoms with van der Waals surface area (Å²) in [7, 11) is 1.68. The third kappa shape index (κ3) is 4.54. The molecule has 1 aliphatic heterocycles. The van der Waals surface area contributed by atoms with Crippen LogP contribution >= 0.6 is 11.3 Å². The van der Waals surface area contributed by atoms with E-state index in [0.29, 0.717) is 11.8 Å². The molecular weight excluding hydrogens is 370 g/mol. The molecule has 0 N–H and O–H groups in total. The average Bonchev–Trinajstić information content (AvgIpc) is 3.23. The van der Waals surface area contributed by atoms with Gasteiger partial charge in [0.05, 0.1) is 7.11 Å². The van der Waals surface area contributed by atoms with Gasteiger partial charge in [-0.25, -0.2) is 0 Å². The van der Waals surface area contributed by atoms with E-state index < -0.39 is 0 Å². The number of nitrogens with zero attached hydrogens (tertiary/aromatic N) is 3. The molecule has 1 amide bonds. The summed E-state index contributed by atoms with van der Waals surface area (Å²) in [6.45, 7) is 1.74. The van der Waals surface area contributed by atoms with Crippen molar-refractivity contribution < 1.29 is 9.53 Å². The van der Waals surface area contributed by atoms with E-state index in [1.165, 1.54) is 24.8 Å². The fourth-order valence-electron chi connectivity index (χ4n) is 4.38. The van der Waals surface area contributed by atoms with E-state index in [1.807, 2.05) is 12.1 Å². The van der Waals surface area contributed by atoms with Gasteiger partial charge in [0.1, 0.15) is 15.8 Å². The molecule has 0 bridgehead atoms. The maximum atomic E-state index is 12.7. The molecule has 1 saturated carbocycles. The van der Waals surface area contributed by atoms with Crippen LogP contribution in [0.1, 0.15) is 66.4 Å². The van der Waals surface area contributed by atoms with Gasteiger partial charge in [0.2, 0.25) is 5.91 Å². The summed E-state index contributed by atoms with van der Waals surface area (Å²) in [6, 6.07) is 8.12. The average molecular weight is 400 g/mol. The number of hydrogen-bond acceptors (Lipinski definition) is 5. The molecule has 1 aliphatic carbocycles. The Morgan fingerprint density at radius 1 is 1.07 bits per heavy atom. The van der Waals surface area contributed by atoms with Crippen molar-refractivity contribution in [2.45, 2.75) is 57.3 Å². The van der Waals surface area contributed by atoms with Crippen LogP contribution in [0.5, 0.6) is 5.75 Å². The van der Waals surface area contributed by atoms with Crippen LogP contribution in [0, 0.1) is 5.92 Å². The molecule has 150 valence electrons. The van der Waals surface area contributed by atoms with Crippen LogP contribution in [0.3, 0.4) is 0 Å².